The summed E-state index contributed by atoms with van der Waals surface area (Å²) in [7, 11) is 0. The van der Waals surface area contributed by atoms with Crippen molar-refractivity contribution in [3.8, 4) is 5.75 Å². The Bertz CT molecular complexity index is 414. The molecule has 0 amide bonds. The second-order valence-electron chi connectivity index (χ2n) is 6.34. The van der Waals surface area contributed by atoms with Crippen LogP contribution in [0.5, 0.6) is 5.75 Å². The lowest BCUT2D eigenvalue weighted by atomic mass is 10.0. The van der Waals surface area contributed by atoms with E-state index in [9.17, 15) is 0 Å². The molecule has 0 spiro atoms. The molecule has 0 bridgehead atoms. The summed E-state index contributed by atoms with van der Waals surface area (Å²) in [6.07, 6.45) is 3.88. The van der Waals surface area contributed by atoms with Crippen LogP contribution in [0.2, 0.25) is 0 Å². The van der Waals surface area contributed by atoms with E-state index in [-0.39, 0.29) is 0 Å². The van der Waals surface area contributed by atoms with Crippen LogP contribution in [0.25, 0.3) is 0 Å². The average Bonchev–Trinajstić information content (AvgIpc) is 2.75. The molecule has 2 atom stereocenters. The van der Waals surface area contributed by atoms with Gasteiger partial charge in [-0.05, 0) is 44.2 Å². The van der Waals surface area contributed by atoms with Gasteiger partial charge in [-0.2, -0.15) is 0 Å². The number of hydrogen-bond acceptors (Lipinski definition) is 2. The van der Waals surface area contributed by atoms with E-state index in [1.54, 1.807) is 0 Å². The van der Waals surface area contributed by atoms with Gasteiger partial charge in [-0.25, -0.2) is 0 Å². The third-order valence-electron chi connectivity index (χ3n) is 3.83. The van der Waals surface area contributed by atoms with Gasteiger partial charge in [0.25, 0.3) is 0 Å². The van der Waals surface area contributed by atoms with E-state index in [1.165, 1.54) is 24.0 Å². The molecule has 2 heteroatoms. The number of benzene rings is 1. The molecule has 0 aromatic heterocycles. The molecular weight excluding hydrogens is 234 g/mol. The smallest absolute Gasteiger partial charge is 0.123 e. The topological polar surface area (TPSA) is 21.3 Å². The lowest BCUT2D eigenvalue weighted by Gasteiger charge is -2.18. The molecule has 1 aliphatic rings. The van der Waals surface area contributed by atoms with Gasteiger partial charge in [0.05, 0.1) is 0 Å². The van der Waals surface area contributed by atoms with Crippen molar-refractivity contribution in [1.82, 2.24) is 5.32 Å². The van der Waals surface area contributed by atoms with Crippen LogP contribution < -0.4 is 10.1 Å². The van der Waals surface area contributed by atoms with Crippen LogP contribution >= 0.6 is 0 Å². The van der Waals surface area contributed by atoms with Gasteiger partial charge in [0.2, 0.25) is 0 Å². The van der Waals surface area contributed by atoms with Crippen molar-refractivity contribution < 1.29 is 4.74 Å². The fourth-order valence-corrected chi connectivity index (χ4v) is 2.58. The molecule has 0 fully saturated rings. The molecule has 1 heterocycles. The van der Waals surface area contributed by atoms with Gasteiger partial charge in [0.15, 0.2) is 0 Å². The highest BCUT2D eigenvalue weighted by Crippen LogP contribution is 2.29. The Hall–Kier alpha value is -1.02. The van der Waals surface area contributed by atoms with Crippen molar-refractivity contribution in [3.05, 3.63) is 29.3 Å². The van der Waals surface area contributed by atoms with Gasteiger partial charge < -0.3 is 10.1 Å². The van der Waals surface area contributed by atoms with Crippen molar-refractivity contribution in [2.45, 2.75) is 59.1 Å². The van der Waals surface area contributed by atoms with Crippen LogP contribution in [0.3, 0.4) is 0 Å². The third-order valence-corrected chi connectivity index (χ3v) is 3.83. The van der Waals surface area contributed by atoms with E-state index < -0.39 is 0 Å². The normalized spacial score (nSPS) is 19.3. The number of ether oxygens (including phenoxy) is 1. The largest absolute Gasteiger partial charge is 0.488 e. The third kappa shape index (κ3) is 4.24. The zero-order valence-electron chi connectivity index (χ0n) is 12.7. The first-order valence-electron chi connectivity index (χ1n) is 7.54. The standard InChI is InChI=1S/C17H27NO/c1-12(2)5-7-14(4)18-11-16-10-15-9-13(3)6-8-17(15)19-16/h6,8-9,12,14,16,18H,5,7,10-11H2,1-4H3. The lowest BCUT2D eigenvalue weighted by Crippen LogP contribution is -2.36. The van der Waals surface area contributed by atoms with Gasteiger partial charge in [-0.1, -0.05) is 31.5 Å². The summed E-state index contributed by atoms with van der Waals surface area (Å²) in [5.74, 6) is 1.87. The first-order chi connectivity index (χ1) is 9.04. The predicted molar refractivity (Wildman–Crippen MR) is 80.8 cm³/mol. The Morgan fingerprint density at radius 1 is 1.26 bits per heavy atom. The average molecular weight is 261 g/mol. The summed E-state index contributed by atoms with van der Waals surface area (Å²) in [5, 5.41) is 3.60. The zero-order valence-corrected chi connectivity index (χ0v) is 12.7. The first kappa shape index (κ1) is 14.4. The lowest BCUT2D eigenvalue weighted by molar-refractivity contribution is 0.220. The van der Waals surface area contributed by atoms with Crippen LogP contribution in [-0.2, 0) is 6.42 Å². The Labute approximate surface area is 117 Å². The molecule has 1 N–H and O–H groups in total. The molecule has 19 heavy (non-hydrogen) atoms. The van der Waals surface area contributed by atoms with Crippen molar-refractivity contribution in [2.24, 2.45) is 5.92 Å². The van der Waals surface area contributed by atoms with Crippen molar-refractivity contribution in [3.63, 3.8) is 0 Å². The molecule has 0 saturated carbocycles. The summed E-state index contributed by atoms with van der Waals surface area (Å²) in [5.41, 5.74) is 2.68. The summed E-state index contributed by atoms with van der Waals surface area (Å²) in [6.45, 7) is 9.93. The van der Waals surface area contributed by atoms with E-state index in [2.05, 4.69) is 51.2 Å². The molecule has 0 saturated heterocycles. The highest BCUT2D eigenvalue weighted by Gasteiger charge is 2.22. The van der Waals surface area contributed by atoms with E-state index >= 15 is 0 Å². The van der Waals surface area contributed by atoms with Gasteiger partial charge in [0.1, 0.15) is 11.9 Å². The van der Waals surface area contributed by atoms with Gasteiger partial charge in [-0.15, -0.1) is 0 Å². The second-order valence-corrected chi connectivity index (χ2v) is 6.34. The van der Waals surface area contributed by atoms with Crippen molar-refractivity contribution in [1.29, 1.82) is 0 Å². The Morgan fingerprint density at radius 3 is 2.79 bits per heavy atom. The number of nitrogens with one attached hydrogen (secondary N) is 1. The maximum Gasteiger partial charge on any atom is 0.123 e. The minimum Gasteiger partial charge on any atom is -0.488 e. The summed E-state index contributed by atoms with van der Waals surface area (Å²) in [6, 6.07) is 7.06. The first-order valence-corrected chi connectivity index (χ1v) is 7.54. The maximum absolute atomic E-state index is 5.98. The Morgan fingerprint density at radius 2 is 2.05 bits per heavy atom. The SMILES string of the molecule is Cc1ccc2c(c1)CC(CNC(C)CCC(C)C)O2. The minimum atomic E-state index is 0.304. The van der Waals surface area contributed by atoms with E-state index in [0.29, 0.717) is 12.1 Å². The number of rotatable bonds is 6. The minimum absolute atomic E-state index is 0.304. The molecule has 1 aliphatic heterocycles. The highest BCUT2D eigenvalue weighted by atomic mass is 16.5. The summed E-state index contributed by atoms with van der Waals surface area (Å²) < 4.78 is 5.98. The van der Waals surface area contributed by atoms with Crippen LogP contribution in [0.15, 0.2) is 18.2 Å². The molecular formula is C17H27NO. The Balaban J connectivity index is 1.75. The van der Waals surface area contributed by atoms with E-state index in [4.69, 9.17) is 4.74 Å². The van der Waals surface area contributed by atoms with E-state index in [1.807, 2.05) is 0 Å². The molecule has 0 aliphatic carbocycles. The number of hydrogen-bond donors (Lipinski definition) is 1. The van der Waals surface area contributed by atoms with Crippen LogP contribution in [0.1, 0.15) is 44.7 Å². The molecule has 2 rings (SSSR count). The molecule has 106 valence electrons. The van der Waals surface area contributed by atoms with Crippen LogP contribution in [0, 0.1) is 12.8 Å². The molecule has 0 radical (unpaired) electrons. The van der Waals surface area contributed by atoms with Crippen LogP contribution in [-0.4, -0.2) is 18.7 Å². The zero-order chi connectivity index (χ0) is 13.8. The van der Waals surface area contributed by atoms with Gasteiger partial charge in [0, 0.05) is 19.0 Å². The number of aryl methyl sites for hydroxylation is 1. The van der Waals surface area contributed by atoms with Crippen molar-refractivity contribution in [2.75, 3.05) is 6.54 Å². The predicted octanol–water partition coefficient (Wildman–Crippen LogP) is 3.71. The van der Waals surface area contributed by atoms with Gasteiger partial charge in [-0.3, -0.25) is 0 Å². The maximum atomic E-state index is 5.98. The molecule has 1 aromatic rings. The van der Waals surface area contributed by atoms with Gasteiger partial charge >= 0.3 is 0 Å². The van der Waals surface area contributed by atoms with Crippen molar-refractivity contribution >= 4 is 0 Å². The summed E-state index contributed by atoms with van der Waals surface area (Å²) in [4.78, 5) is 0. The summed E-state index contributed by atoms with van der Waals surface area (Å²) >= 11 is 0. The van der Waals surface area contributed by atoms with Crippen LogP contribution in [0.4, 0.5) is 0 Å². The monoisotopic (exact) mass is 261 g/mol. The number of fused-ring (bicyclic) bond motifs is 1. The van der Waals surface area contributed by atoms with E-state index in [0.717, 1.165) is 24.6 Å². The molecule has 1 aromatic carbocycles. The fraction of sp³-hybridized carbons (Fsp3) is 0.647. The molecule has 2 nitrogen and oxygen atoms in total. The second kappa shape index (κ2) is 6.42. The fourth-order valence-electron chi connectivity index (χ4n) is 2.58. The Kier molecular flexibility index (Phi) is 4.87. The highest BCUT2D eigenvalue weighted by molar-refractivity contribution is 5.40. The quantitative estimate of drug-likeness (QED) is 0.843. The molecule has 2 unspecified atom stereocenters.